The van der Waals surface area contributed by atoms with Gasteiger partial charge in [-0.3, -0.25) is 4.55 Å². The first-order chi connectivity index (χ1) is 16.0. The average molecular weight is 1040 g/mol. The predicted molar refractivity (Wildman–Crippen MR) is 171 cm³/mol. The molecule has 182 valence electrons. The molecular weight excluding hydrogens is 1020 g/mol. The second kappa shape index (κ2) is 10.2. The largest absolute Gasteiger partial charge is 0.421 e. The molecule has 2 aromatic rings. The highest BCUT2D eigenvalue weighted by Crippen LogP contribution is 2.60. The number of benzene rings is 2. The molecule has 4 saturated carbocycles. The number of rotatable bonds is 4. The van der Waals surface area contributed by atoms with Crippen molar-refractivity contribution in [2.45, 2.75) is 42.9 Å². The summed E-state index contributed by atoms with van der Waals surface area (Å²) in [5.41, 5.74) is 0.897. The fraction of sp³-hybridized carbons (Fsp3) is 0.435. The van der Waals surface area contributed by atoms with E-state index in [1.54, 1.807) is 6.07 Å². The van der Waals surface area contributed by atoms with Crippen LogP contribution < -0.4 is 4.74 Å². The van der Waals surface area contributed by atoms with Crippen molar-refractivity contribution in [1.29, 1.82) is 0 Å². The number of ether oxygens (including phenoxy) is 1. The topological polar surface area (TPSA) is 80.7 Å². The number of hydrogen-bond donors (Lipinski definition) is 1. The van der Waals surface area contributed by atoms with Crippen LogP contribution in [0.3, 0.4) is 0 Å². The van der Waals surface area contributed by atoms with Crippen LogP contribution in [0, 0.1) is 41.5 Å². The monoisotopic (exact) mass is 1040 g/mol. The van der Waals surface area contributed by atoms with E-state index in [1.807, 2.05) is 0 Å². The Labute approximate surface area is 267 Å². The number of hydrogen-bond acceptors (Lipinski definition) is 4. The van der Waals surface area contributed by atoms with Crippen molar-refractivity contribution < 1.29 is 22.5 Å². The average Bonchev–Trinajstić information content (AvgIpc) is 2.77. The van der Waals surface area contributed by atoms with Gasteiger partial charge in [0.25, 0.3) is 10.1 Å². The van der Waals surface area contributed by atoms with E-state index in [-0.39, 0.29) is 10.8 Å². The van der Waals surface area contributed by atoms with Crippen molar-refractivity contribution in [3.8, 4) is 5.75 Å². The van der Waals surface area contributed by atoms with Gasteiger partial charge in [-0.05, 0) is 198 Å². The van der Waals surface area contributed by atoms with Crippen LogP contribution in [0.4, 0.5) is 0 Å². The molecule has 4 fully saturated rings. The molecule has 0 heterocycles. The lowest BCUT2D eigenvalue weighted by Crippen LogP contribution is -2.44. The zero-order chi connectivity index (χ0) is 24.5. The SMILES string of the molecule is O=C(Oc1c(I)c(I)c(I)c(I)c1I)c1ccc(S(=O)(=O)O)c(C2C3CC4CC(C3)CC2C4)c1. The zero-order valence-electron chi connectivity index (χ0n) is 17.5. The van der Waals surface area contributed by atoms with E-state index < -0.39 is 16.1 Å². The van der Waals surface area contributed by atoms with E-state index in [2.05, 4.69) is 113 Å². The maximum Gasteiger partial charge on any atom is 0.343 e. The number of carbonyl (C=O) groups excluding carboxylic acids is 1. The first-order valence-corrected chi connectivity index (χ1v) is 17.6. The van der Waals surface area contributed by atoms with E-state index >= 15 is 0 Å². The highest BCUT2D eigenvalue weighted by atomic mass is 127. The van der Waals surface area contributed by atoms with E-state index in [4.69, 9.17) is 4.74 Å². The van der Waals surface area contributed by atoms with Crippen molar-refractivity contribution in [2.24, 2.45) is 23.7 Å². The molecule has 1 N–H and O–H groups in total. The van der Waals surface area contributed by atoms with Gasteiger partial charge in [-0.15, -0.1) is 0 Å². The molecule has 6 rings (SSSR count). The Morgan fingerprint density at radius 2 is 1.32 bits per heavy atom. The fourth-order valence-electron chi connectivity index (χ4n) is 6.43. The number of halogens is 5. The smallest absolute Gasteiger partial charge is 0.343 e. The first-order valence-electron chi connectivity index (χ1n) is 10.8. The van der Waals surface area contributed by atoms with Crippen molar-refractivity contribution >= 4 is 129 Å². The molecule has 0 aliphatic heterocycles. The Bertz CT molecular complexity index is 1250. The molecule has 0 atom stereocenters. The molecule has 0 amide bonds. The molecule has 4 aliphatic carbocycles. The summed E-state index contributed by atoms with van der Waals surface area (Å²) in [7, 11) is -4.40. The number of esters is 1. The third-order valence-corrected chi connectivity index (χ3v) is 17.8. The van der Waals surface area contributed by atoms with Gasteiger partial charge >= 0.3 is 5.97 Å². The molecule has 2 aromatic carbocycles. The minimum atomic E-state index is -4.40. The van der Waals surface area contributed by atoms with Gasteiger partial charge in [0.1, 0.15) is 0 Å². The summed E-state index contributed by atoms with van der Waals surface area (Å²) in [6, 6.07) is 4.50. The van der Waals surface area contributed by atoms with Crippen LogP contribution in [0.15, 0.2) is 23.1 Å². The second-order valence-corrected chi connectivity index (χ2v) is 16.3. The molecule has 34 heavy (non-hydrogen) atoms. The summed E-state index contributed by atoms with van der Waals surface area (Å²) in [6.45, 7) is 0. The predicted octanol–water partition coefficient (Wildman–Crippen LogP) is 7.72. The molecule has 0 aromatic heterocycles. The summed E-state index contributed by atoms with van der Waals surface area (Å²) >= 11 is 11.2. The van der Waals surface area contributed by atoms with E-state index in [0.29, 0.717) is 28.7 Å². The summed E-state index contributed by atoms with van der Waals surface area (Å²) in [4.78, 5) is 13.2. The molecule has 4 bridgehead atoms. The molecule has 0 unspecified atom stereocenters. The summed E-state index contributed by atoms with van der Waals surface area (Å²) in [6.07, 6.45) is 5.71. The number of carbonyl (C=O) groups is 1. The van der Waals surface area contributed by atoms with Crippen LogP contribution in [0.1, 0.15) is 53.9 Å². The van der Waals surface area contributed by atoms with Gasteiger partial charge in [0.15, 0.2) is 5.75 Å². The Hall–Kier alpha value is 1.47. The maximum atomic E-state index is 13.3. The van der Waals surface area contributed by atoms with Gasteiger partial charge < -0.3 is 4.74 Å². The summed E-state index contributed by atoms with van der Waals surface area (Å²) in [5.74, 6) is 2.34. The van der Waals surface area contributed by atoms with Crippen molar-refractivity contribution in [1.82, 2.24) is 0 Å². The minimum absolute atomic E-state index is 0.0537. The third kappa shape index (κ3) is 4.95. The first kappa shape index (κ1) is 27.1. The van der Waals surface area contributed by atoms with Gasteiger partial charge in [-0.1, -0.05) is 0 Å². The van der Waals surface area contributed by atoms with Crippen molar-refractivity contribution in [3.05, 3.63) is 47.2 Å². The molecular formula is C23H19I5O5S. The fourth-order valence-corrected chi connectivity index (χ4v) is 12.1. The normalized spacial score (nSPS) is 27.8. The summed E-state index contributed by atoms with van der Waals surface area (Å²) < 4.78 is 45.4. The standard InChI is InChI=1S/C23H19I5O5S/c24-17-18(25)20(27)22(21(28)19(17)26)33-23(29)11-1-2-15(34(30,31)32)14(8-11)16-12-4-9-3-10(6-12)7-13(16)5-9/h1-2,8-10,12-13,16H,3-7H2,(H,30,31,32). The van der Waals surface area contributed by atoms with E-state index in [9.17, 15) is 17.8 Å². The van der Waals surface area contributed by atoms with Gasteiger partial charge in [-0.25, -0.2) is 4.79 Å². The van der Waals surface area contributed by atoms with E-state index in [1.165, 1.54) is 18.6 Å². The molecule has 4 aliphatic rings. The lowest BCUT2D eigenvalue weighted by Gasteiger charge is -2.54. The van der Waals surface area contributed by atoms with Crippen LogP contribution in [-0.4, -0.2) is 18.9 Å². The highest BCUT2D eigenvalue weighted by molar-refractivity contribution is 14.1. The van der Waals surface area contributed by atoms with Gasteiger partial charge in [0.05, 0.1) is 17.6 Å². The Morgan fingerprint density at radius 3 is 1.82 bits per heavy atom. The summed E-state index contributed by atoms with van der Waals surface area (Å²) in [5, 5.41) is 0. The Balaban J connectivity index is 1.54. The Kier molecular flexibility index (Phi) is 8.13. The van der Waals surface area contributed by atoms with Gasteiger partial charge in [0, 0.05) is 10.7 Å². The van der Waals surface area contributed by atoms with Crippen LogP contribution in [0.25, 0.3) is 0 Å². The lowest BCUT2D eigenvalue weighted by molar-refractivity contribution is -0.00372. The quantitative estimate of drug-likeness (QED) is 0.0849. The third-order valence-electron chi connectivity index (χ3n) is 7.47. The molecule has 0 spiro atoms. The van der Waals surface area contributed by atoms with Crippen LogP contribution in [0.2, 0.25) is 0 Å². The van der Waals surface area contributed by atoms with Gasteiger partial charge in [0.2, 0.25) is 0 Å². The van der Waals surface area contributed by atoms with Crippen molar-refractivity contribution in [3.63, 3.8) is 0 Å². The molecule has 0 saturated heterocycles. The maximum absolute atomic E-state index is 13.3. The minimum Gasteiger partial charge on any atom is -0.421 e. The second-order valence-electron chi connectivity index (χ2n) is 9.47. The zero-order valence-corrected chi connectivity index (χ0v) is 29.1. The molecule has 11 heteroatoms. The molecule has 5 nitrogen and oxygen atoms in total. The highest BCUT2D eigenvalue weighted by Gasteiger charge is 2.49. The van der Waals surface area contributed by atoms with Crippen LogP contribution in [0.5, 0.6) is 5.75 Å². The van der Waals surface area contributed by atoms with Crippen LogP contribution in [-0.2, 0) is 10.1 Å². The van der Waals surface area contributed by atoms with Crippen LogP contribution >= 0.6 is 113 Å². The molecule has 0 radical (unpaired) electrons. The lowest BCUT2D eigenvalue weighted by atomic mass is 9.50. The van der Waals surface area contributed by atoms with Gasteiger partial charge in [-0.2, -0.15) is 8.42 Å². The Morgan fingerprint density at radius 1 is 0.824 bits per heavy atom. The van der Waals surface area contributed by atoms with E-state index in [0.717, 1.165) is 55.4 Å². The van der Waals surface area contributed by atoms with Crippen molar-refractivity contribution in [2.75, 3.05) is 0 Å².